The number of aliphatic carboxylic acids is 1. The second-order valence-corrected chi connectivity index (χ2v) is 13.1. The molecule has 0 bridgehead atoms. The number of benzene rings is 3. The minimum Gasteiger partial charge on any atom is -0.508 e. The number of carboxylic acid groups (broad SMARTS) is 1. The fourth-order valence-corrected chi connectivity index (χ4v) is 5.95. The van der Waals surface area contributed by atoms with Crippen molar-refractivity contribution in [3.63, 3.8) is 0 Å². The summed E-state index contributed by atoms with van der Waals surface area (Å²) >= 11 is 6.09. The number of rotatable bonds is 18. The van der Waals surface area contributed by atoms with Crippen LogP contribution in [0.5, 0.6) is 5.75 Å². The number of H-pyrrole nitrogens is 1. The Balaban J connectivity index is 1.51. The van der Waals surface area contributed by atoms with E-state index in [4.69, 9.17) is 11.6 Å². The smallest absolute Gasteiger partial charge is 0.305 e. The molecular formula is C38H42ClN7O9. The summed E-state index contributed by atoms with van der Waals surface area (Å²) in [6, 6.07) is 14.5. The highest BCUT2D eigenvalue weighted by Crippen LogP contribution is 2.23. The molecule has 0 spiro atoms. The van der Waals surface area contributed by atoms with Gasteiger partial charge in [-0.3, -0.25) is 33.6 Å². The monoisotopic (exact) mass is 775 g/mol. The molecule has 0 aliphatic rings. The Morgan fingerprint density at radius 3 is 1.93 bits per heavy atom. The zero-order valence-electron chi connectivity index (χ0n) is 30.0. The number of amides is 6. The molecule has 4 rings (SSSR count). The number of phenolic OH excluding ortho intramolecular Hbond substituents is 1. The lowest BCUT2D eigenvalue weighted by molar-refractivity contribution is -0.141. The number of carbonyl (C=O) groups excluding carboxylic acids is 6. The molecule has 17 heteroatoms. The molecule has 0 aliphatic carbocycles. The summed E-state index contributed by atoms with van der Waals surface area (Å²) in [5.74, 6) is -5.80. The van der Waals surface area contributed by atoms with Crippen LogP contribution in [0.4, 0.5) is 0 Å². The molecule has 1 aromatic heterocycles. The van der Waals surface area contributed by atoms with E-state index in [-0.39, 0.29) is 25.0 Å². The third-order valence-electron chi connectivity index (χ3n) is 8.47. The molecular weight excluding hydrogens is 734 g/mol. The van der Waals surface area contributed by atoms with Gasteiger partial charge >= 0.3 is 5.97 Å². The number of halogens is 1. The Kier molecular flexibility index (Phi) is 14.7. The van der Waals surface area contributed by atoms with Crippen LogP contribution in [0, 0.1) is 0 Å². The van der Waals surface area contributed by atoms with E-state index in [1.807, 2.05) is 0 Å². The highest BCUT2D eigenvalue weighted by molar-refractivity contribution is 6.31. The summed E-state index contributed by atoms with van der Waals surface area (Å²) in [7, 11) is 1.43. The van der Waals surface area contributed by atoms with Crippen molar-refractivity contribution in [1.82, 2.24) is 36.9 Å². The highest BCUT2D eigenvalue weighted by Gasteiger charge is 2.31. The molecule has 0 fully saturated rings. The first-order valence-electron chi connectivity index (χ1n) is 17.2. The second kappa shape index (κ2) is 19.6. The normalized spacial score (nSPS) is 13.0. The number of fused-ring (bicyclic) bond motifs is 1. The summed E-state index contributed by atoms with van der Waals surface area (Å²) in [6.45, 7) is 0.549. The Morgan fingerprint density at radius 1 is 0.709 bits per heavy atom. The van der Waals surface area contributed by atoms with Gasteiger partial charge in [0.1, 0.15) is 29.9 Å². The summed E-state index contributed by atoms with van der Waals surface area (Å²) in [5.41, 5.74) is 2.64. The van der Waals surface area contributed by atoms with Crippen LogP contribution in [0.1, 0.15) is 30.0 Å². The van der Waals surface area contributed by atoms with Crippen LogP contribution in [0.3, 0.4) is 0 Å². The molecule has 0 unspecified atom stereocenters. The third-order valence-corrected chi connectivity index (χ3v) is 8.71. The minimum atomic E-state index is -1.51. The average molecular weight is 776 g/mol. The zero-order valence-corrected chi connectivity index (χ0v) is 30.7. The maximum atomic E-state index is 13.9. The molecule has 3 aromatic carbocycles. The van der Waals surface area contributed by atoms with Crippen molar-refractivity contribution in [2.45, 2.75) is 56.8 Å². The number of hydrogen-bond donors (Lipinski definition) is 9. The van der Waals surface area contributed by atoms with Gasteiger partial charge < -0.3 is 47.1 Å². The molecule has 9 N–H and O–H groups in total. The number of nitrogens with one attached hydrogen (secondary N) is 7. The topological polar surface area (TPSA) is 248 Å². The van der Waals surface area contributed by atoms with Crippen LogP contribution >= 0.6 is 11.6 Å². The molecule has 290 valence electrons. The maximum Gasteiger partial charge on any atom is 0.305 e. The predicted molar refractivity (Wildman–Crippen MR) is 202 cm³/mol. The molecule has 4 atom stereocenters. The summed E-state index contributed by atoms with van der Waals surface area (Å²) in [4.78, 5) is 93.0. The summed E-state index contributed by atoms with van der Waals surface area (Å²) < 4.78 is 0. The Labute approximate surface area is 320 Å². The van der Waals surface area contributed by atoms with Gasteiger partial charge in [0.15, 0.2) is 0 Å². The van der Waals surface area contributed by atoms with Crippen molar-refractivity contribution in [3.8, 4) is 5.75 Å². The van der Waals surface area contributed by atoms with Crippen molar-refractivity contribution < 1.29 is 43.8 Å². The number of carboxylic acids is 1. The van der Waals surface area contributed by atoms with E-state index >= 15 is 0 Å². The first-order valence-corrected chi connectivity index (χ1v) is 17.6. The van der Waals surface area contributed by atoms with Crippen LogP contribution in [-0.4, -0.2) is 94.4 Å². The van der Waals surface area contributed by atoms with Crippen molar-refractivity contribution in [3.05, 3.63) is 101 Å². The molecule has 6 amide bonds. The van der Waals surface area contributed by atoms with Crippen LogP contribution in [-0.2, 0) is 52.8 Å². The van der Waals surface area contributed by atoms with Crippen molar-refractivity contribution in [2.75, 3.05) is 13.6 Å². The van der Waals surface area contributed by atoms with E-state index in [2.05, 4.69) is 36.9 Å². The van der Waals surface area contributed by atoms with Gasteiger partial charge in [-0.2, -0.15) is 0 Å². The second-order valence-electron chi connectivity index (χ2n) is 12.7. The lowest BCUT2D eigenvalue weighted by atomic mass is 10.0. The summed E-state index contributed by atoms with van der Waals surface area (Å²) in [5, 5.41) is 35.5. The molecule has 16 nitrogen and oxygen atoms in total. The Hall–Kier alpha value is -6.42. The van der Waals surface area contributed by atoms with Gasteiger partial charge in [-0.05, 0) is 41.0 Å². The van der Waals surface area contributed by atoms with E-state index in [9.17, 15) is 43.8 Å². The van der Waals surface area contributed by atoms with Crippen LogP contribution in [0.15, 0.2) is 79.0 Å². The maximum absolute atomic E-state index is 13.9. The lowest BCUT2D eigenvalue weighted by Crippen LogP contribution is -2.58. The van der Waals surface area contributed by atoms with Gasteiger partial charge in [-0.15, -0.1) is 0 Å². The van der Waals surface area contributed by atoms with E-state index in [0.717, 1.165) is 23.4 Å². The molecule has 0 radical (unpaired) electrons. The predicted octanol–water partition coefficient (Wildman–Crippen LogP) is 0.851. The van der Waals surface area contributed by atoms with Crippen LogP contribution in [0.2, 0.25) is 5.02 Å². The Morgan fingerprint density at radius 2 is 1.31 bits per heavy atom. The number of aromatic hydroxyl groups is 1. The molecule has 0 saturated carbocycles. The van der Waals surface area contributed by atoms with Gasteiger partial charge in [0, 0.05) is 55.4 Å². The average Bonchev–Trinajstić information content (AvgIpc) is 3.54. The van der Waals surface area contributed by atoms with Crippen molar-refractivity contribution in [1.29, 1.82) is 0 Å². The number of hydrogen-bond acceptors (Lipinski definition) is 8. The fraction of sp³-hybridized carbons (Fsp3) is 0.289. The van der Waals surface area contributed by atoms with Gasteiger partial charge in [-0.1, -0.05) is 60.1 Å². The summed E-state index contributed by atoms with van der Waals surface area (Å²) in [6.07, 6.45) is 0.892. The number of phenols is 1. The van der Waals surface area contributed by atoms with Crippen molar-refractivity contribution >= 4 is 63.9 Å². The number of likely N-dealkylation sites (N-methyl/N-ethyl adjacent to an activating group) is 1. The quantitative estimate of drug-likeness (QED) is 0.0694. The minimum absolute atomic E-state index is 0.0289. The molecule has 1 heterocycles. The SMILES string of the molecule is CNC(=O)[C@H](Cc1c[nH]c2cc(Cl)ccc12)NC(=O)CNC(=O)[C@H](Cc1ccccc1)NC(=O)[C@H](Cc1ccc(O)cc1)NC(=O)[C@H](CC(=O)O)NC(C)=O. The largest absolute Gasteiger partial charge is 0.508 e. The number of carbonyl (C=O) groups is 7. The third kappa shape index (κ3) is 12.6. The number of aromatic nitrogens is 1. The van der Waals surface area contributed by atoms with Gasteiger partial charge in [-0.25, -0.2) is 0 Å². The molecule has 0 aliphatic heterocycles. The standard InChI is InChI=1S/C38H42ClN7O9/c1-21(47)43-32(18-34(50)51)38(55)46-30(15-23-8-11-26(48)12-9-23)37(54)45-29(14-22-6-4-3-5-7-22)36(53)42-20-33(49)44-31(35(52)40-2)16-24-19-41-28-17-25(39)10-13-27(24)28/h3-13,17,19,29-32,41,48H,14-16,18,20H2,1-2H3,(H,40,52)(H,42,53)(H,43,47)(H,44,49)(H,45,54)(H,46,55)(H,50,51)/t29-,30-,31-,32-/m0/s1. The van der Waals surface area contributed by atoms with Gasteiger partial charge in [0.05, 0.1) is 13.0 Å². The van der Waals surface area contributed by atoms with E-state index in [0.29, 0.717) is 16.1 Å². The van der Waals surface area contributed by atoms with Gasteiger partial charge in [0.25, 0.3) is 0 Å². The molecule has 4 aromatic rings. The fourth-order valence-electron chi connectivity index (χ4n) is 5.78. The first-order chi connectivity index (χ1) is 26.2. The van der Waals surface area contributed by atoms with E-state index < -0.39 is 78.5 Å². The Bertz CT molecular complexity index is 2010. The van der Waals surface area contributed by atoms with E-state index in [1.54, 1.807) is 54.7 Å². The molecule has 0 saturated heterocycles. The first kappa shape index (κ1) is 41.3. The van der Waals surface area contributed by atoms with Crippen LogP contribution in [0.25, 0.3) is 10.9 Å². The zero-order chi connectivity index (χ0) is 40.1. The van der Waals surface area contributed by atoms with Crippen molar-refractivity contribution in [2.24, 2.45) is 0 Å². The highest BCUT2D eigenvalue weighted by atomic mass is 35.5. The lowest BCUT2D eigenvalue weighted by Gasteiger charge is -2.25. The number of aromatic amines is 1. The molecule has 55 heavy (non-hydrogen) atoms. The van der Waals surface area contributed by atoms with E-state index in [1.165, 1.54) is 31.3 Å². The van der Waals surface area contributed by atoms with Crippen LogP contribution < -0.4 is 31.9 Å². The van der Waals surface area contributed by atoms with Gasteiger partial charge in [0.2, 0.25) is 35.4 Å².